The average molecular weight is 496 g/mol. The fraction of sp³-hybridized carbons (Fsp3) is 0.429. The lowest BCUT2D eigenvalue weighted by Gasteiger charge is -2.24. The van der Waals surface area contributed by atoms with E-state index >= 15 is 0 Å². The van der Waals surface area contributed by atoms with Gasteiger partial charge in [0.05, 0.1) is 18.8 Å². The number of hydrogen-bond acceptors (Lipinski definition) is 8. The van der Waals surface area contributed by atoms with Crippen molar-refractivity contribution in [3.63, 3.8) is 0 Å². The van der Waals surface area contributed by atoms with E-state index in [-0.39, 0.29) is 12.2 Å². The molecule has 13 heteroatoms. The summed E-state index contributed by atoms with van der Waals surface area (Å²) >= 11 is 4.05. The molecule has 0 saturated heterocycles. The average Bonchev–Trinajstić information content (AvgIpc) is 3.21. The van der Waals surface area contributed by atoms with E-state index in [1.807, 2.05) is 29.6 Å². The Morgan fingerprint density at radius 2 is 1.68 bits per heavy atom. The first-order valence-corrected chi connectivity index (χ1v) is 11.1. The minimum atomic E-state index is -1.64. The number of amides is 3. The van der Waals surface area contributed by atoms with Gasteiger partial charge in [-0.15, -0.1) is 0 Å². The number of para-hydroxylation sites is 1. The van der Waals surface area contributed by atoms with Crippen molar-refractivity contribution in [1.82, 2.24) is 20.9 Å². The summed E-state index contributed by atoms with van der Waals surface area (Å²) in [6.07, 6.45) is 0.538. The molecule has 186 valence electrons. The minimum Gasteiger partial charge on any atom is -0.480 e. The maximum Gasteiger partial charge on any atom is 0.328 e. The Morgan fingerprint density at radius 1 is 1.06 bits per heavy atom. The molecule has 0 aliphatic rings. The molecular formula is C21H29N5O7S. The highest BCUT2D eigenvalue weighted by atomic mass is 32.1. The topological polar surface area (TPSA) is 207 Å². The summed E-state index contributed by atoms with van der Waals surface area (Å²) in [6, 6.07) is 2.19. The number of aromatic amines is 1. The number of carboxylic acid groups (broad SMARTS) is 1. The quantitative estimate of drug-likeness (QED) is 0.148. The number of H-pyrrole nitrogens is 1. The molecular weight excluding hydrogens is 466 g/mol. The first kappa shape index (κ1) is 27.1. The Morgan fingerprint density at radius 3 is 2.26 bits per heavy atom. The van der Waals surface area contributed by atoms with Gasteiger partial charge in [0.2, 0.25) is 17.7 Å². The van der Waals surface area contributed by atoms with Crippen LogP contribution in [0.2, 0.25) is 0 Å². The molecule has 1 aromatic heterocycles. The monoisotopic (exact) mass is 495 g/mol. The Labute approximate surface area is 200 Å². The van der Waals surface area contributed by atoms with Gasteiger partial charge in [0, 0.05) is 22.9 Å². The third-order valence-corrected chi connectivity index (χ3v) is 5.49. The zero-order valence-electron chi connectivity index (χ0n) is 18.4. The number of carbonyl (C=O) groups excluding carboxylic acids is 3. The molecule has 34 heavy (non-hydrogen) atoms. The summed E-state index contributed by atoms with van der Waals surface area (Å²) in [6.45, 7) is 0.314. The highest BCUT2D eigenvalue weighted by Crippen LogP contribution is 2.18. The number of fused-ring (bicyclic) bond motifs is 1. The number of nitrogens with one attached hydrogen (secondary N) is 4. The predicted octanol–water partition coefficient (Wildman–Crippen LogP) is -2.12. The van der Waals surface area contributed by atoms with Crippen LogP contribution in [0, 0.1) is 0 Å². The van der Waals surface area contributed by atoms with Crippen molar-refractivity contribution in [2.45, 2.75) is 43.6 Å². The number of thiol groups is 1. The maximum atomic E-state index is 12.6. The number of carbonyl (C=O) groups is 4. The lowest BCUT2D eigenvalue weighted by atomic mass is 10.0. The standard InChI is InChI=1S/C21H29N5O7S/c1-10(28)17(21(32)33)26-19(30)15(8-27)24-20(31)16(9-34)25-18(29)13(22)6-11-7-23-14-5-3-2-4-12(11)14/h2-5,7,10,13,15-17,23,27-28,34H,6,8-9,22H2,1H3,(H,24,31)(H,25,29)(H,26,30)(H,32,33). The molecule has 0 radical (unpaired) electrons. The van der Waals surface area contributed by atoms with E-state index in [1.165, 1.54) is 0 Å². The third-order valence-electron chi connectivity index (χ3n) is 5.13. The third kappa shape index (κ3) is 6.93. The summed E-state index contributed by atoms with van der Waals surface area (Å²) < 4.78 is 0. The van der Waals surface area contributed by atoms with Gasteiger partial charge in [0.15, 0.2) is 6.04 Å². The lowest BCUT2D eigenvalue weighted by Crippen LogP contribution is -2.59. The number of aromatic nitrogens is 1. The molecule has 0 aliphatic carbocycles. The van der Waals surface area contributed by atoms with Crippen molar-refractivity contribution in [2.75, 3.05) is 12.4 Å². The van der Waals surface area contributed by atoms with Crippen molar-refractivity contribution in [3.8, 4) is 0 Å². The number of aliphatic carboxylic acids is 1. The summed E-state index contributed by atoms with van der Waals surface area (Å²) in [7, 11) is 0. The highest BCUT2D eigenvalue weighted by molar-refractivity contribution is 7.80. The van der Waals surface area contributed by atoms with Gasteiger partial charge in [0.25, 0.3) is 0 Å². The van der Waals surface area contributed by atoms with Crippen molar-refractivity contribution < 1.29 is 34.5 Å². The molecule has 0 saturated carbocycles. The fourth-order valence-electron chi connectivity index (χ4n) is 3.21. The molecule has 2 aromatic rings. The van der Waals surface area contributed by atoms with Crippen LogP contribution in [-0.4, -0.2) is 86.6 Å². The van der Waals surface area contributed by atoms with E-state index < -0.39 is 60.6 Å². The summed E-state index contributed by atoms with van der Waals surface area (Å²) in [5.41, 5.74) is 7.75. The molecule has 0 spiro atoms. The van der Waals surface area contributed by atoms with E-state index in [0.717, 1.165) is 23.4 Å². The molecule has 3 amide bonds. The van der Waals surface area contributed by atoms with Crippen LogP contribution in [0.4, 0.5) is 0 Å². The maximum absolute atomic E-state index is 12.6. The summed E-state index contributed by atoms with van der Waals surface area (Å²) in [5.74, 6) is -4.10. The van der Waals surface area contributed by atoms with Gasteiger partial charge in [-0.3, -0.25) is 14.4 Å². The van der Waals surface area contributed by atoms with Gasteiger partial charge in [-0.05, 0) is 25.0 Å². The predicted molar refractivity (Wildman–Crippen MR) is 126 cm³/mol. The number of carboxylic acids is 1. The molecule has 0 fully saturated rings. The van der Waals surface area contributed by atoms with Crippen molar-refractivity contribution in [2.24, 2.45) is 5.73 Å². The van der Waals surface area contributed by atoms with Gasteiger partial charge in [0.1, 0.15) is 12.1 Å². The molecule has 0 bridgehead atoms. The van der Waals surface area contributed by atoms with Gasteiger partial charge >= 0.3 is 5.97 Å². The molecule has 2 rings (SSSR count). The van der Waals surface area contributed by atoms with E-state index in [1.54, 1.807) is 6.20 Å². The molecule has 5 unspecified atom stereocenters. The van der Waals surface area contributed by atoms with Gasteiger partial charge < -0.3 is 42.0 Å². The molecule has 5 atom stereocenters. The number of aliphatic hydroxyl groups excluding tert-OH is 2. The number of rotatable bonds is 12. The summed E-state index contributed by atoms with van der Waals surface area (Å²) in [4.78, 5) is 51.7. The van der Waals surface area contributed by atoms with E-state index in [9.17, 15) is 29.4 Å². The highest BCUT2D eigenvalue weighted by Gasteiger charge is 2.31. The second kappa shape index (κ2) is 12.4. The molecule has 0 aliphatic heterocycles. The van der Waals surface area contributed by atoms with Gasteiger partial charge in [-0.25, -0.2) is 4.79 Å². The second-order valence-corrected chi connectivity index (χ2v) is 8.09. The second-order valence-electron chi connectivity index (χ2n) is 7.72. The zero-order chi connectivity index (χ0) is 25.4. The minimum absolute atomic E-state index is 0.136. The number of aliphatic hydroxyl groups is 2. The Bertz CT molecular complexity index is 1030. The van der Waals surface area contributed by atoms with Crippen LogP contribution in [0.15, 0.2) is 30.5 Å². The van der Waals surface area contributed by atoms with Gasteiger partial charge in [-0.2, -0.15) is 12.6 Å². The van der Waals surface area contributed by atoms with Crippen LogP contribution in [0.25, 0.3) is 10.9 Å². The lowest BCUT2D eigenvalue weighted by molar-refractivity contribution is -0.145. The first-order chi connectivity index (χ1) is 16.1. The molecule has 1 aromatic carbocycles. The van der Waals surface area contributed by atoms with Crippen LogP contribution in [0.5, 0.6) is 0 Å². The van der Waals surface area contributed by atoms with Crippen LogP contribution in [0.1, 0.15) is 12.5 Å². The molecule has 1 heterocycles. The smallest absolute Gasteiger partial charge is 0.328 e. The summed E-state index contributed by atoms with van der Waals surface area (Å²) in [5, 5.41) is 35.7. The Balaban J connectivity index is 1.98. The van der Waals surface area contributed by atoms with Crippen LogP contribution in [-0.2, 0) is 25.6 Å². The number of nitrogens with two attached hydrogens (primary N) is 1. The van der Waals surface area contributed by atoms with E-state index in [4.69, 9.17) is 10.8 Å². The van der Waals surface area contributed by atoms with Gasteiger partial charge in [-0.1, -0.05) is 18.2 Å². The number of hydrogen-bond donors (Lipinski definition) is 9. The van der Waals surface area contributed by atoms with Crippen LogP contribution < -0.4 is 21.7 Å². The molecule has 9 N–H and O–H groups in total. The van der Waals surface area contributed by atoms with Crippen LogP contribution in [0.3, 0.4) is 0 Å². The van der Waals surface area contributed by atoms with Crippen molar-refractivity contribution in [3.05, 3.63) is 36.0 Å². The number of benzene rings is 1. The Kier molecular flexibility index (Phi) is 9.86. The Hall–Kier alpha value is -3.13. The van der Waals surface area contributed by atoms with E-state index in [0.29, 0.717) is 0 Å². The first-order valence-electron chi connectivity index (χ1n) is 10.4. The van der Waals surface area contributed by atoms with Crippen LogP contribution >= 0.6 is 12.6 Å². The normalized spacial score (nSPS) is 15.6. The molecule has 12 nitrogen and oxygen atoms in total. The largest absolute Gasteiger partial charge is 0.480 e. The fourth-order valence-corrected chi connectivity index (χ4v) is 3.47. The SMILES string of the molecule is CC(O)C(NC(=O)C(CO)NC(=O)C(CS)NC(=O)C(N)Cc1c[nH]c2ccccc12)C(=O)O. The van der Waals surface area contributed by atoms with E-state index in [2.05, 4.69) is 28.2 Å². The van der Waals surface area contributed by atoms with Crippen molar-refractivity contribution >= 4 is 47.2 Å². The van der Waals surface area contributed by atoms with Crippen molar-refractivity contribution in [1.29, 1.82) is 0 Å². The zero-order valence-corrected chi connectivity index (χ0v) is 19.3.